The van der Waals surface area contributed by atoms with Crippen LogP contribution in [0.1, 0.15) is 38.8 Å². The Hall–Kier alpha value is -1.02. The summed E-state index contributed by atoms with van der Waals surface area (Å²) in [6.45, 7) is 9.76. The topological polar surface area (TPSA) is 21.3 Å². The number of hydrogen-bond acceptors (Lipinski definition) is 2. The van der Waals surface area contributed by atoms with Crippen LogP contribution in [-0.4, -0.2) is 13.2 Å². The molecule has 0 spiro atoms. The Bertz CT molecular complexity index is 345. The number of hydrogen-bond donors (Lipinski definition) is 1. The summed E-state index contributed by atoms with van der Waals surface area (Å²) in [6, 6.07) is 6.90. The highest BCUT2D eigenvalue weighted by molar-refractivity contribution is 5.36. The lowest BCUT2D eigenvalue weighted by Gasteiger charge is -2.15. The first-order chi connectivity index (χ1) is 8.02. The summed E-state index contributed by atoms with van der Waals surface area (Å²) in [6.07, 6.45) is 1.12. The molecule has 1 aromatic rings. The highest BCUT2D eigenvalue weighted by Gasteiger charge is 2.07. The molecule has 0 radical (unpaired) electrons. The maximum absolute atomic E-state index is 5.29. The summed E-state index contributed by atoms with van der Waals surface area (Å²) < 4.78 is 5.29. The fourth-order valence-electron chi connectivity index (χ4n) is 1.85. The van der Waals surface area contributed by atoms with Crippen molar-refractivity contribution in [2.45, 2.75) is 46.7 Å². The maximum Gasteiger partial charge on any atom is 0.119 e. The van der Waals surface area contributed by atoms with Crippen molar-refractivity contribution >= 4 is 0 Å². The van der Waals surface area contributed by atoms with Crippen LogP contribution in [0.25, 0.3) is 0 Å². The molecule has 0 fully saturated rings. The highest BCUT2D eigenvalue weighted by atomic mass is 16.5. The van der Waals surface area contributed by atoms with Crippen molar-refractivity contribution in [1.29, 1.82) is 0 Å². The van der Waals surface area contributed by atoms with Crippen molar-refractivity contribution in [3.05, 3.63) is 29.3 Å². The van der Waals surface area contributed by atoms with Crippen molar-refractivity contribution in [2.75, 3.05) is 7.11 Å². The molecule has 0 heterocycles. The molecule has 2 nitrogen and oxygen atoms in total. The van der Waals surface area contributed by atoms with E-state index in [1.54, 1.807) is 7.11 Å². The molecule has 0 saturated heterocycles. The van der Waals surface area contributed by atoms with E-state index in [4.69, 9.17) is 4.74 Å². The molecule has 1 N–H and O–H groups in total. The summed E-state index contributed by atoms with van der Waals surface area (Å²) in [4.78, 5) is 0. The van der Waals surface area contributed by atoms with Gasteiger partial charge in [-0.1, -0.05) is 33.8 Å². The second kappa shape index (κ2) is 6.65. The number of methoxy groups -OCH3 is 1. The Labute approximate surface area is 105 Å². The van der Waals surface area contributed by atoms with E-state index in [0.29, 0.717) is 12.0 Å². The minimum atomic E-state index is 0.508. The van der Waals surface area contributed by atoms with Crippen LogP contribution >= 0.6 is 0 Å². The molecule has 0 unspecified atom stereocenters. The lowest BCUT2D eigenvalue weighted by Crippen LogP contribution is -2.22. The Morgan fingerprint density at radius 1 is 1.12 bits per heavy atom. The molecule has 0 saturated carbocycles. The van der Waals surface area contributed by atoms with Crippen LogP contribution in [0, 0.1) is 5.92 Å². The first-order valence-electron chi connectivity index (χ1n) is 6.42. The number of benzene rings is 1. The van der Waals surface area contributed by atoms with Crippen LogP contribution in [0.3, 0.4) is 0 Å². The SMILES string of the molecule is COc1ccc(CC(C)C)c(CNC(C)C)c1. The van der Waals surface area contributed by atoms with E-state index in [1.165, 1.54) is 11.1 Å². The van der Waals surface area contributed by atoms with Gasteiger partial charge in [0.25, 0.3) is 0 Å². The van der Waals surface area contributed by atoms with Gasteiger partial charge in [0.05, 0.1) is 7.11 Å². The molecule has 0 aliphatic heterocycles. The number of ether oxygens (including phenoxy) is 1. The molecular formula is C15H25NO. The fraction of sp³-hybridized carbons (Fsp3) is 0.600. The zero-order chi connectivity index (χ0) is 12.8. The Morgan fingerprint density at radius 2 is 1.82 bits per heavy atom. The normalized spacial score (nSPS) is 11.2. The van der Waals surface area contributed by atoms with Crippen molar-refractivity contribution in [1.82, 2.24) is 5.32 Å². The van der Waals surface area contributed by atoms with E-state index in [-0.39, 0.29) is 0 Å². The molecule has 1 rings (SSSR count). The van der Waals surface area contributed by atoms with Gasteiger partial charge >= 0.3 is 0 Å². The predicted octanol–water partition coefficient (Wildman–Crippen LogP) is 3.39. The van der Waals surface area contributed by atoms with Crippen molar-refractivity contribution in [3.8, 4) is 5.75 Å². The van der Waals surface area contributed by atoms with Crippen LogP contribution in [0.15, 0.2) is 18.2 Å². The quantitative estimate of drug-likeness (QED) is 0.816. The van der Waals surface area contributed by atoms with E-state index in [0.717, 1.165) is 18.7 Å². The molecule has 96 valence electrons. The molecule has 0 aliphatic carbocycles. The van der Waals surface area contributed by atoms with Crippen LogP contribution in [-0.2, 0) is 13.0 Å². The van der Waals surface area contributed by atoms with Gasteiger partial charge in [0.2, 0.25) is 0 Å². The third-order valence-electron chi connectivity index (χ3n) is 2.74. The van der Waals surface area contributed by atoms with Gasteiger partial charge < -0.3 is 10.1 Å². The van der Waals surface area contributed by atoms with Gasteiger partial charge in [0, 0.05) is 12.6 Å². The molecule has 2 heteroatoms. The summed E-state index contributed by atoms with van der Waals surface area (Å²) in [7, 11) is 1.72. The van der Waals surface area contributed by atoms with Crippen LogP contribution in [0.4, 0.5) is 0 Å². The maximum atomic E-state index is 5.29. The average Bonchev–Trinajstić information content (AvgIpc) is 2.27. The zero-order valence-electron chi connectivity index (χ0n) is 11.7. The minimum Gasteiger partial charge on any atom is -0.497 e. The summed E-state index contributed by atoms with van der Waals surface area (Å²) >= 11 is 0. The van der Waals surface area contributed by atoms with E-state index < -0.39 is 0 Å². The third-order valence-corrected chi connectivity index (χ3v) is 2.74. The van der Waals surface area contributed by atoms with Gasteiger partial charge in [-0.2, -0.15) is 0 Å². The first kappa shape index (κ1) is 14.0. The fourth-order valence-corrected chi connectivity index (χ4v) is 1.85. The van der Waals surface area contributed by atoms with Crippen LogP contribution < -0.4 is 10.1 Å². The zero-order valence-corrected chi connectivity index (χ0v) is 11.7. The van der Waals surface area contributed by atoms with Crippen molar-refractivity contribution in [2.24, 2.45) is 5.92 Å². The monoisotopic (exact) mass is 235 g/mol. The highest BCUT2D eigenvalue weighted by Crippen LogP contribution is 2.20. The van der Waals surface area contributed by atoms with Crippen molar-refractivity contribution in [3.63, 3.8) is 0 Å². The molecule has 0 atom stereocenters. The minimum absolute atomic E-state index is 0.508. The molecule has 0 bridgehead atoms. The third kappa shape index (κ3) is 4.78. The van der Waals surface area contributed by atoms with E-state index in [1.807, 2.05) is 0 Å². The smallest absolute Gasteiger partial charge is 0.119 e. The largest absolute Gasteiger partial charge is 0.497 e. The molecule has 0 aromatic heterocycles. The summed E-state index contributed by atoms with van der Waals surface area (Å²) in [5, 5.41) is 3.47. The second-order valence-electron chi connectivity index (χ2n) is 5.27. The molecule has 1 aromatic carbocycles. The summed E-state index contributed by atoms with van der Waals surface area (Å²) in [5.41, 5.74) is 2.78. The van der Waals surface area contributed by atoms with Crippen molar-refractivity contribution < 1.29 is 4.74 Å². The van der Waals surface area contributed by atoms with Gasteiger partial charge in [-0.05, 0) is 35.6 Å². The van der Waals surface area contributed by atoms with Gasteiger partial charge in [-0.15, -0.1) is 0 Å². The second-order valence-corrected chi connectivity index (χ2v) is 5.27. The number of nitrogens with one attached hydrogen (secondary N) is 1. The van der Waals surface area contributed by atoms with E-state index in [9.17, 15) is 0 Å². The summed E-state index contributed by atoms with van der Waals surface area (Å²) in [5.74, 6) is 1.62. The molecule has 17 heavy (non-hydrogen) atoms. The Morgan fingerprint density at radius 3 is 2.35 bits per heavy atom. The van der Waals surface area contributed by atoms with Gasteiger partial charge in [-0.3, -0.25) is 0 Å². The van der Waals surface area contributed by atoms with Crippen LogP contribution in [0.2, 0.25) is 0 Å². The standard InChI is InChI=1S/C15H25NO/c1-11(2)8-13-6-7-15(17-5)9-14(13)10-16-12(3)4/h6-7,9,11-12,16H,8,10H2,1-5H3. The lowest BCUT2D eigenvalue weighted by molar-refractivity contribution is 0.413. The van der Waals surface area contributed by atoms with E-state index in [2.05, 4.69) is 51.2 Å². The first-order valence-corrected chi connectivity index (χ1v) is 6.42. The van der Waals surface area contributed by atoms with Gasteiger partial charge in [-0.25, -0.2) is 0 Å². The Balaban J connectivity index is 2.86. The lowest BCUT2D eigenvalue weighted by atomic mass is 9.97. The molecule has 0 aliphatic rings. The number of rotatable bonds is 6. The van der Waals surface area contributed by atoms with Crippen LogP contribution in [0.5, 0.6) is 5.75 Å². The molecular weight excluding hydrogens is 210 g/mol. The van der Waals surface area contributed by atoms with E-state index >= 15 is 0 Å². The predicted molar refractivity (Wildman–Crippen MR) is 73.5 cm³/mol. The van der Waals surface area contributed by atoms with Gasteiger partial charge in [0.1, 0.15) is 5.75 Å². The van der Waals surface area contributed by atoms with Gasteiger partial charge in [0.15, 0.2) is 0 Å². The average molecular weight is 235 g/mol. The Kier molecular flexibility index (Phi) is 5.49. The molecule has 0 amide bonds.